The Bertz CT molecular complexity index is 911. The molecule has 1 aromatic heterocycles. The molecule has 0 unspecified atom stereocenters. The highest BCUT2D eigenvalue weighted by Crippen LogP contribution is 2.21. The summed E-state index contributed by atoms with van der Waals surface area (Å²) in [4.78, 5) is 14.9. The molecule has 2 aromatic carbocycles. The van der Waals surface area contributed by atoms with Gasteiger partial charge in [-0.2, -0.15) is 4.68 Å². The van der Waals surface area contributed by atoms with Gasteiger partial charge < -0.3 is 4.90 Å². The third-order valence-electron chi connectivity index (χ3n) is 3.97. The number of benzene rings is 2. The number of ketones is 1. The number of hydrogen-bond donors (Lipinski definition) is 0. The summed E-state index contributed by atoms with van der Waals surface area (Å²) >= 11 is 0. The molecule has 0 aliphatic heterocycles. The molecule has 0 bridgehead atoms. The van der Waals surface area contributed by atoms with Crippen molar-refractivity contribution < 1.29 is 4.79 Å². The fraction of sp³-hybridized carbons (Fsp3) is 0.200. The first kappa shape index (κ1) is 17.5. The quantitative estimate of drug-likeness (QED) is 0.507. The summed E-state index contributed by atoms with van der Waals surface area (Å²) in [7, 11) is 3.73. The summed E-state index contributed by atoms with van der Waals surface area (Å²) in [5.74, 6) is 0.289. The lowest BCUT2D eigenvalue weighted by Crippen LogP contribution is -2.13. The van der Waals surface area contributed by atoms with Crippen LogP contribution in [0.5, 0.6) is 0 Å². The second-order valence-electron chi connectivity index (χ2n) is 6.14. The van der Waals surface area contributed by atoms with Crippen LogP contribution in [-0.2, 0) is 6.42 Å². The lowest BCUT2D eigenvalue weighted by molar-refractivity contribution is 0.105. The lowest BCUT2D eigenvalue weighted by atomic mass is 10.0. The van der Waals surface area contributed by atoms with Gasteiger partial charge in [-0.15, -0.1) is 5.10 Å². The minimum Gasteiger partial charge on any atom is -0.383 e. The Morgan fingerprint density at radius 1 is 1.08 bits per heavy atom. The van der Waals surface area contributed by atoms with E-state index >= 15 is 0 Å². The number of carbonyl (C=O) groups is 1. The number of nitrogens with zero attached hydrogens (tertiary/aromatic N) is 5. The van der Waals surface area contributed by atoms with Gasteiger partial charge in [0.15, 0.2) is 11.6 Å². The van der Waals surface area contributed by atoms with Crippen LogP contribution in [0.15, 0.2) is 60.8 Å². The van der Waals surface area contributed by atoms with Crippen LogP contribution in [0.2, 0.25) is 0 Å². The molecule has 0 spiro atoms. The van der Waals surface area contributed by atoms with Crippen molar-refractivity contribution in [1.29, 1.82) is 0 Å². The molecular weight excluding hydrogens is 326 g/mol. The van der Waals surface area contributed by atoms with Crippen LogP contribution in [0.3, 0.4) is 0 Å². The van der Waals surface area contributed by atoms with Crippen molar-refractivity contribution in [3.05, 3.63) is 77.7 Å². The first-order valence-electron chi connectivity index (χ1n) is 8.46. The van der Waals surface area contributed by atoms with E-state index in [9.17, 15) is 4.79 Å². The number of allylic oxidation sites excluding steroid dienone is 1. The van der Waals surface area contributed by atoms with E-state index in [1.165, 1.54) is 5.56 Å². The van der Waals surface area contributed by atoms with E-state index in [1.807, 2.05) is 61.5 Å². The van der Waals surface area contributed by atoms with E-state index in [4.69, 9.17) is 0 Å². The summed E-state index contributed by atoms with van der Waals surface area (Å²) in [5, 5.41) is 12.0. The zero-order chi connectivity index (χ0) is 18.5. The molecule has 3 aromatic rings. The van der Waals surface area contributed by atoms with Crippen LogP contribution in [0, 0.1) is 0 Å². The van der Waals surface area contributed by atoms with E-state index < -0.39 is 0 Å². The number of hydrogen-bond acceptors (Lipinski definition) is 5. The first-order valence-corrected chi connectivity index (χ1v) is 8.46. The third kappa shape index (κ3) is 3.69. The van der Waals surface area contributed by atoms with Crippen molar-refractivity contribution in [1.82, 2.24) is 25.1 Å². The lowest BCUT2D eigenvalue weighted by Gasteiger charge is -2.12. The van der Waals surface area contributed by atoms with Crippen molar-refractivity contribution in [2.45, 2.75) is 13.3 Å². The number of aromatic nitrogens is 4. The minimum atomic E-state index is -0.125. The molecule has 0 atom stereocenters. The number of carbonyl (C=O) groups excluding carboxylic acids is 1. The maximum Gasteiger partial charge on any atom is 0.198 e. The van der Waals surface area contributed by atoms with Gasteiger partial charge in [0.05, 0.1) is 11.3 Å². The summed E-state index contributed by atoms with van der Waals surface area (Å²) in [6.07, 6.45) is 2.71. The van der Waals surface area contributed by atoms with Gasteiger partial charge in [-0.3, -0.25) is 4.79 Å². The number of aryl methyl sites for hydroxylation is 1. The van der Waals surface area contributed by atoms with Crippen LogP contribution in [0.4, 0.5) is 0 Å². The van der Waals surface area contributed by atoms with Crippen molar-refractivity contribution >= 4 is 11.4 Å². The number of tetrazole rings is 1. The number of rotatable bonds is 6. The van der Waals surface area contributed by atoms with E-state index in [-0.39, 0.29) is 5.78 Å². The molecule has 0 saturated heterocycles. The maximum atomic E-state index is 13.1. The minimum absolute atomic E-state index is 0.125. The van der Waals surface area contributed by atoms with E-state index in [1.54, 1.807) is 23.0 Å². The van der Waals surface area contributed by atoms with Crippen LogP contribution in [0.25, 0.3) is 11.3 Å². The van der Waals surface area contributed by atoms with Crippen molar-refractivity contribution in [3.63, 3.8) is 0 Å². The molecule has 26 heavy (non-hydrogen) atoms. The Morgan fingerprint density at radius 3 is 2.38 bits per heavy atom. The van der Waals surface area contributed by atoms with Gasteiger partial charge in [-0.1, -0.05) is 49.4 Å². The second kappa shape index (κ2) is 7.74. The van der Waals surface area contributed by atoms with Gasteiger partial charge in [0.25, 0.3) is 0 Å². The topological polar surface area (TPSA) is 63.9 Å². The summed E-state index contributed by atoms with van der Waals surface area (Å²) < 4.78 is 1.59. The molecule has 0 fully saturated rings. The average molecular weight is 347 g/mol. The van der Waals surface area contributed by atoms with Gasteiger partial charge >= 0.3 is 0 Å². The van der Waals surface area contributed by atoms with Gasteiger partial charge in [-0.25, -0.2) is 0 Å². The monoisotopic (exact) mass is 347 g/mol. The molecule has 0 saturated carbocycles. The first-order chi connectivity index (χ1) is 12.6. The Morgan fingerprint density at radius 2 is 1.77 bits per heavy atom. The standard InChI is InChI=1S/C20H21N5O/c1-4-15-10-12-17(13-11-15)25-20(21-22-23-25)18(14-24(2)3)19(26)16-8-6-5-7-9-16/h5-14H,4H2,1-3H3. The van der Waals surface area contributed by atoms with Gasteiger partial charge in [-0.05, 0) is 34.5 Å². The molecular formula is C20H21N5O. The molecule has 1 heterocycles. The Labute approximate surface area is 152 Å². The fourth-order valence-corrected chi connectivity index (χ4v) is 2.62. The Hall–Kier alpha value is -3.28. The maximum absolute atomic E-state index is 13.1. The van der Waals surface area contributed by atoms with Gasteiger partial charge in [0.1, 0.15) is 0 Å². The second-order valence-corrected chi connectivity index (χ2v) is 6.14. The largest absolute Gasteiger partial charge is 0.383 e. The highest BCUT2D eigenvalue weighted by Gasteiger charge is 2.21. The number of Topliss-reactive ketones (excluding diaryl/α,β-unsaturated/α-hetero) is 1. The predicted molar refractivity (Wildman–Crippen MR) is 101 cm³/mol. The molecule has 0 aliphatic rings. The molecule has 0 aliphatic carbocycles. The molecule has 6 nitrogen and oxygen atoms in total. The zero-order valence-corrected chi connectivity index (χ0v) is 15.1. The van der Waals surface area contributed by atoms with Crippen molar-refractivity contribution in [2.24, 2.45) is 0 Å². The molecule has 132 valence electrons. The highest BCUT2D eigenvalue weighted by molar-refractivity contribution is 6.28. The smallest absolute Gasteiger partial charge is 0.198 e. The predicted octanol–water partition coefficient (Wildman–Crippen LogP) is 3.01. The molecule has 0 radical (unpaired) electrons. The Balaban J connectivity index is 2.06. The van der Waals surface area contributed by atoms with Crippen molar-refractivity contribution in [3.8, 4) is 5.69 Å². The molecule has 3 rings (SSSR count). The molecule has 6 heteroatoms. The summed E-state index contributed by atoms with van der Waals surface area (Å²) in [5.41, 5.74) is 3.07. The summed E-state index contributed by atoms with van der Waals surface area (Å²) in [6.45, 7) is 2.11. The van der Waals surface area contributed by atoms with Gasteiger partial charge in [0, 0.05) is 25.9 Å². The third-order valence-corrected chi connectivity index (χ3v) is 3.97. The normalized spacial score (nSPS) is 11.4. The van der Waals surface area contributed by atoms with Crippen LogP contribution in [-0.4, -0.2) is 45.0 Å². The van der Waals surface area contributed by atoms with Gasteiger partial charge in [0.2, 0.25) is 0 Å². The fourth-order valence-electron chi connectivity index (χ4n) is 2.62. The summed E-state index contributed by atoms with van der Waals surface area (Å²) in [6, 6.07) is 17.1. The average Bonchev–Trinajstić information content (AvgIpc) is 3.15. The molecule has 0 N–H and O–H groups in total. The SMILES string of the molecule is CCc1ccc(-n2nnnc2C(=CN(C)C)C(=O)c2ccccc2)cc1. The van der Waals surface area contributed by atoms with Crippen LogP contribution >= 0.6 is 0 Å². The molecule has 0 amide bonds. The van der Waals surface area contributed by atoms with E-state index in [0.717, 1.165) is 12.1 Å². The van der Waals surface area contributed by atoms with Crippen molar-refractivity contribution in [2.75, 3.05) is 14.1 Å². The Kier molecular flexibility index (Phi) is 5.22. The van der Waals surface area contributed by atoms with Crippen LogP contribution < -0.4 is 0 Å². The zero-order valence-electron chi connectivity index (χ0n) is 15.1. The van der Waals surface area contributed by atoms with Crippen LogP contribution in [0.1, 0.15) is 28.7 Å². The highest BCUT2D eigenvalue weighted by atomic mass is 16.1. The van der Waals surface area contributed by atoms with E-state index in [2.05, 4.69) is 22.4 Å². The van der Waals surface area contributed by atoms with E-state index in [0.29, 0.717) is 17.0 Å².